The van der Waals surface area contributed by atoms with E-state index in [2.05, 4.69) is 5.32 Å². The van der Waals surface area contributed by atoms with E-state index in [0.29, 0.717) is 23.7 Å². The Balaban J connectivity index is 1.78. The van der Waals surface area contributed by atoms with Crippen LogP contribution in [0.3, 0.4) is 0 Å². The molecule has 0 bridgehead atoms. The molecule has 148 valence electrons. The number of nitrogens with one attached hydrogen (secondary N) is 1. The topological polar surface area (TPSA) is 117 Å². The van der Waals surface area contributed by atoms with E-state index < -0.39 is 23.4 Å². The molecule has 0 saturated carbocycles. The molecular weight excluding hydrogens is 368 g/mol. The molecule has 0 radical (unpaired) electrons. The van der Waals surface area contributed by atoms with Gasteiger partial charge in [-0.1, -0.05) is 6.07 Å². The van der Waals surface area contributed by atoms with Gasteiger partial charge in [-0.3, -0.25) is 14.9 Å². The SMILES string of the molecule is CCOc1ccc(OCC(=O)OCC(=O)Nc2cc([N+](=O)[O-])ccc2C)cc1. The highest BCUT2D eigenvalue weighted by Crippen LogP contribution is 2.21. The summed E-state index contributed by atoms with van der Waals surface area (Å²) in [5.41, 5.74) is 0.770. The van der Waals surface area contributed by atoms with E-state index in [0.717, 1.165) is 0 Å². The van der Waals surface area contributed by atoms with Gasteiger partial charge in [0, 0.05) is 12.1 Å². The average molecular weight is 388 g/mol. The van der Waals surface area contributed by atoms with E-state index >= 15 is 0 Å². The van der Waals surface area contributed by atoms with Crippen molar-refractivity contribution in [1.29, 1.82) is 0 Å². The molecule has 0 spiro atoms. The van der Waals surface area contributed by atoms with Crippen molar-refractivity contribution in [2.45, 2.75) is 13.8 Å². The standard InChI is InChI=1S/C19H20N2O7/c1-3-26-15-6-8-16(9-7-15)27-12-19(23)28-11-18(22)20-17-10-14(21(24)25)5-4-13(17)2/h4-10H,3,11-12H2,1-2H3,(H,20,22). The fourth-order valence-corrected chi connectivity index (χ4v) is 2.17. The summed E-state index contributed by atoms with van der Waals surface area (Å²) < 4.78 is 15.4. The smallest absolute Gasteiger partial charge is 0.344 e. The van der Waals surface area contributed by atoms with Gasteiger partial charge in [-0.15, -0.1) is 0 Å². The number of aryl methyl sites for hydroxylation is 1. The molecule has 28 heavy (non-hydrogen) atoms. The summed E-state index contributed by atoms with van der Waals surface area (Å²) in [4.78, 5) is 33.9. The number of carbonyl (C=O) groups excluding carboxylic acids is 2. The molecule has 0 unspecified atom stereocenters. The molecule has 0 aliphatic heterocycles. The molecule has 0 heterocycles. The van der Waals surface area contributed by atoms with Crippen LogP contribution >= 0.6 is 0 Å². The number of nitro groups is 1. The predicted molar refractivity (Wildman–Crippen MR) is 101 cm³/mol. The molecule has 1 amide bonds. The van der Waals surface area contributed by atoms with Crippen molar-refractivity contribution >= 4 is 23.3 Å². The molecule has 0 aliphatic carbocycles. The summed E-state index contributed by atoms with van der Waals surface area (Å²) in [6, 6.07) is 10.8. The molecular formula is C19H20N2O7. The molecule has 1 N–H and O–H groups in total. The number of benzene rings is 2. The highest BCUT2D eigenvalue weighted by Gasteiger charge is 2.13. The average Bonchev–Trinajstić information content (AvgIpc) is 2.67. The number of non-ortho nitro benzene ring substituents is 1. The van der Waals surface area contributed by atoms with Gasteiger partial charge >= 0.3 is 5.97 Å². The lowest BCUT2D eigenvalue weighted by molar-refractivity contribution is -0.384. The lowest BCUT2D eigenvalue weighted by Crippen LogP contribution is -2.24. The van der Waals surface area contributed by atoms with Crippen LogP contribution in [0.2, 0.25) is 0 Å². The number of hydrogen-bond acceptors (Lipinski definition) is 7. The molecule has 2 rings (SSSR count). The van der Waals surface area contributed by atoms with Gasteiger partial charge in [0.15, 0.2) is 13.2 Å². The molecule has 0 aliphatic rings. The van der Waals surface area contributed by atoms with E-state index in [-0.39, 0.29) is 18.0 Å². The van der Waals surface area contributed by atoms with Crippen LogP contribution in [-0.2, 0) is 14.3 Å². The number of hydrogen-bond donors (Lipinski definition) is 1. The summed E-state index contributed by atoms with van der Waals surface area (Å²) in [5.74, 6) is -0.194. The first-order chi connectivity index (χ1) is 13.4. The van der Waals surface area contributed by atoms with Gasteiger partial charge in [-0.25, -0.2) is 4.79 Å². The zero-order valence-electron chi connectivity index (χ0n) is 15.5. The maximum Gasteiger partial charge on any atom is 0.344 e. The largest absolute Gasteiger partial charge is 0.494 e. The van der Waals surface area contributed by atoms with Crippen LogP contribution in [0.1, 0.15) is 12.5 Å². The first kappa shape index (κ1) is 20.7. The Hall–Kier alpha value is -3.62. The molecule has 0 atom stereocenters. The number of amides is 1. The summed E-state index contributed by atoms with van der Waals surface area (Å²) >= 11 is 0. The lowest BCUT2D eigenvalue weighted by atomic mass is 10.2. The molecule has 9 nitrogen and oxygen atoms in total. The molecule has 9 heteroatoms. The highest BCUT2D eigenvalue weighted by molar-refractivity contribution is 5.93. The van der Waals surface area contributed by atoms with Crippen LogP contribution in [0.4, 0.5) is 11.4 Å². The number of nitro benzene ring substituents is 1. The van der Waals surface area contributed by atoms with Crippen molar-refractivity contribution in [1.82, 2.24) is 0 Å². The van der Waals surface area contributed by atoms with Crippen molar-refractivity contribution in [2.24, 2.45) is 0 Å². The minimum Gasteiger partial charge on any atom is -0.494 e. The second-order valence-corrected chi connectivity index (χ2v) is 5.66. The van der Waals surface area contributed by atoms with E-state index in [4.69, 9.17) is 14.2 Å². The number of nitrogens with zero attached hydrogens (tertiary/aromatic N) is 1. The summed E-state index contributed by atoms with van der Waals surface area (Å²) in [6.07, 6.45) is 0. The van der Waals surface area contributed by atoms with Gasteiger partial charge in [0.2, 0.25) is 0 Å². The second kappa shape index (κ2) is 9.91. The van der Waals surface area contributed by atoms with E-state index in [1.165, 1.54) is 18.2 Å². The van der Waals surface area contributed by atoms with Crippen LogP contribution in [0.25, 0.3) is 0 Å². The Bertz CT molecular complexity index is 850. The number of esters is 1. The molecule has 0 fully saturated rings. The van der Waals surface area contributed by atoms with E-state index in [1.807, 2.05) is 6.92 Å². The summed E-state index contributed by atoms with van der Waals surface area (Å²) in [7, 11) is 0. The Morgan fingerprint density at radius 1 is 1.04 bits per heavy atom. The second-order valence-electron chi connectivity index (χ2n) is 5.66. The third kappa shape index (κ3) is 6.27. The Labute approximate surface area is 161 Å². The van der Waals surface area contributed by atoms with Crippen molar-refractivity contribution in [3.8, 4) is 11.5 Å². The summed E-state index contributed by atoms with van der Waals surface area (Å²) in [5, 5.41) is 13.3. The molecule has 0 aromatic heterocycles. The first-order valence-electron chi connectivity index (χ1n) is 8.45. The zero-order chi connectivity index (χ0) is 20.5. The van der Waals surface area contributed by atoms with Gasteiger partial charge in [0.1, 0.15) is 11.5 Å². The quantitative estimate of drug-likeness (QED) is 0.399. The number of carbonyl (C=O) groups is 2. The minimum atomic E-state index is -0.722. The van der Waals surface area contributed by atoms with Gasteiger partial charge in [0.25, 0.3) is 11.6 Å². The fourth-order valence-electron chi connectivity index (χ4n) is 2.17. The number of rotatable bonds is 9. The van der Waals surface area contributed by atoms with Crippen LogP contribution in [0.5, 0.6) is 11.5 Å². The Morgan fingerprint density at radius 2 is 1.68 bits per heavy atom. The zero-order valence-corrected chi connectivity index (χ0v) is 15.5. The van der Waals surface area contributed by atoms with Gasteiger partial charge in [0.05, 0.1) is 17.2 Å². The third-order valence-corrected chi connectivity index (χ3v) is 3.56. The van der Waals surface area contributed by atoms with Crippen LogP contribution in [-0.4, -0.2) is 36.6 Å². The van der Waals surface area contributed by atoms with Crippen molar-refractivity contribution in [3.05, 3.63) is 58.1 Å². The maximum absolute atomic E-state index is 11.9. The third-order valence-electron chi connectivity index (χ3n) is 3.56. The van der Waals surface area contributed by atoms with Gasteiger partial charge in [-0.05, 0) is 43.7 Å². The highest BCUT2D eigenvalue weighted by atomic mass is 16.6. The first-order valence-corrected chi connectivity index (χ1v) is 8.45. The minimum absolute atomic E-state index is 0.151. The van der Waals surface area contributed by atoms with Crippen molar-refractivity contribution in [2.75, 3.05) is 25.1 Å². The van der Waals surface area contributed by atoms with E-state index in [9.17, 15) is 19.7 Å². The van der Waals surface area contributed by atoms with Crippen LogP contribution < -0.4 is 14.8 Å². The Morgan fingerprint density at radius 3 is 2.29 bits per heavy atom. The molecule has 2 aromatic rings. The maximum atomic E-state index is 11.9. The normalized spacial score (nSPS) is 10.1. The number of ether oxygens (including phenoxy) is 3. The van der Waals surface area contributed by atoms with Gasteiger partial charge < -0.3 is 19.5 Å². The molecule has 0 saturated heterocycles. The summed E-state index contributed by atoms with van der Waals surface area (Å²) in [6.45, 7) is 3.21. The molecule has 2 aromatic carbocycles. The number of anilines is 1. The van der Waals surface area contributed by atoms with Crippen LogP contribution in [0, 0.1) is 17.0 Å². The van der Waals surface area contributed by atoms with E-state index in [1.54, 1.807) is 31.2 Å². The Kier molecular flexibility index (Phi) is 7.32. The van der Waals surface area contributed by atoms with Gasteiger partial charge in [-0.2, -0.15) is 0 Å². The fraction of sp³-hybridized carbons (Fsp3) is 0.263. The predicted octanol–water partition coefficient (Wildman–Crippen LogP) is 2.86. The van der Waals surface area contributed by atoms with Crippen LogP contribution in [0.15, 0.2) is 42.5 Å². The monoisotopic (exact) mass is 388 g/mol. The van der Waals surface area contributed by atoms with Crippen molar-refractivity contribution in [3.63, 3.8) is 0 Å². The van der Waals surface area contributed by atoms with Crippen molar-refractivity contribution < 1.29 is 28.7 Å². The lowest BCUT2D eigenvalue weighted by Gasteiger charge is -2.10.